The second kappa shape index (κ2) is 4.49. The van der Waals surface area contributed by atoms with Gasteiger partial charge in [-0.05, 0) is 40.7 Å². The number of rotatable bonds is 1. The number of thiophene rings is 1. The van der Waals surface area contributed by atoms with Crippen molar-refractivity contribution in [2.45, 2.75) is 13.3 Å². The second-order valence-corrected chi connectivity index (χ2v) is 5.42. The van der Waals surface area contributed by atoms with Crippen LogP contribution in [0.25, 0.3) is 0 Å². The maximum absolute atomic E-state index is 12.1. The summed E-state index contributed by atoms with van der Waals surface area (Å²) >= 11 is 4.89. The minimum absolute atomic E-state index is 0.139. The van der Waals surface area contributed by atoms with Crippen LogP contribution in [0.2, 0.25) is 0 Å². The zero-order chi connectivity index (χ0) is 10.8. The molecule has 1 amide bonds. The number of nitrogens with zero attached hydrogens (tertiary/aromatic N) is 1. The van der Waals surface area contributed by atoms with Crippen LogP contribution in [0, 0.1) is 0 Å². The molecular formula is C11H12BrNOS. The third kappa shape index (κ3) is 2.32. The van der Waals surface area contributed by atoms with Crippen LogP contribution in [0.3, 0.4) is 0 Å². The van der Waals surface area contributed by atoms with Gasteiger partial charge in [-0.1, -0.05) is 11.6 Å². The Morgan fingerprint density at radius 2 is 2.40 bits per heavy atom. The Morgan fingerprint density at radius 3 is 2.93 bits per heavy atom. The molecule has 1 aromatic rings. The van der Waals surface area contributed by atoms with Crippen molar-refractivity contribution in [1.82, 2.24) is 4.90 Å². The Bertz CT molecular complexity index is 410. The van der Waals surface area contributed by atoms with Crippen LogP contribution in [0.4, 0.5) is 0 Å². The van der Waals surface area contributed by atoms with Crippen LogP contribution in [-0.4, -0.2) is 23.9 Å². The van der Waals surface area contributed by atoms with Crippen LogP contribution < -0.4 is 0 Å². The van der Waals surface area contributed by atoms with Gasteiger partial charge in [-0.2, -0.15) is 0 Å². The Hall–Kier alpha value is -0.610. The van der Waals surface area contributed by atoms with E-state index in [2.05, 4.69) is 28.9 Å². The first-order valence-corrected chi connectivity index (χ1v) is 6.53. The van der Waals surface area contributed by atoms with Crippen LogP contribution in [-0.2, 0) is 0 Å². The second-order valence-electron chi connectivity index (χ2n) is 3.65. The van der Waals surface area contributed by atoms with Crippen molar-refractivity contribution in [3.8, 4) is 0 Å². The van der Waals surface area contributed by atoms with E-state index in [1.165, 1.54) is 16.9 Å². The molecule has 0 bridgehead atoms. The summed E-state index contributed by atoms with van der Waals surface area (Å²) < 4.78 is 0.906. The van der Waals surface area contributed by atoms with Crippen molar-refractivity contribution in [2.75, 3.05) is 13.1 Å². The van der Waals surface area contributed by atoms with Gasteiger partial charge in [-0.15, -0.1) is 11.3 Å². The van der Waals surface area contributed by atoms with Crippen LogP contribution in [0.1, 0.15) is 23.0 Å². The number of halogens is 1. The van der Waals surface area contributed by atoms with Crippen molar-refractivity contribution in [3.63, 3.8) is 0 Å². The summed E-state index contributed by atoms with van der Waals surface area (Å²) in [5.41, 5.74) is 1.38. The molecule has 0 unspecified atom stereocenters. The molecule has 2 nitrogen and oxygen atoms in total. The number of hydrogen-bond acceptors (Lipinski definition) is 2. The topological polar surface area (TPSA) is 20.3 Å². The minimum atomic E-state index is 0.139. The van der Waals surface area contributed by atoms with E-state index < -0.39 is 0 Å². The summed E-state index contributed by atoms with van der Waals surface area (Å²) in [5.74, 6) is 0.139. The molecular weight excluding hydrogens is 274 g/mol. The fraction of sp³-hybridized carbons (Fsp3) is 0.364. The first-order chi connectivity index (χ1) is 7.18. The highest BCUT2D eigenvalue weighted by Gasteiger charge is 2.20. The van der Waals surface area contributed by atoms with E-state index in [0.717, 1.165) is 28.9 Å². The first-order valence-electron chi connectivity index (χ1n) is 4.86. The molecule has 80 valence electrons. The largest absolute Gasteiger partial charge is 0.334 e. The van der Waals surface area contributed by atoms with Gasteiger partial charge in [-0.3, -0.25) is 4.79 Å². The van der Waals surface area contributed by atoms with E-state index in [1.54, 1.807) is 0 Å². The van der Waals surface area contributed by atoms with Gasteiger partial charge in [0.05, 0.1) is 0 Å². The Balaban J connectivity index is 2.13. The van der Waals surface area contributed by atoms with Crippen LogP contribution >= 0.6 is 27.3 Å². The van der Waals surface area contributed by atoms with Gasteiger partial charge in [0.25, 0.3) is 5.91 Å². The van der Waals surface area contributed by atoms with E-state index >= 15 is 0 Å². The minimum Gasteiger partial charge on any atom is -0.334 e. The molecule has 1 aliphatic heterocycles. The summed E-state index contributed by atoms with van der Waals surface area (Å²) in [7, 11) is 0. The third-order valence-electron chi connectivity index (χ3n) is 2.53. The van der Waals surface area contributed by atoms with Crippen molar-refractivity contribution in [2.24, 2.45) is 0 Å². The molecule has 1 aliphatic rings. The Labute approximate surface area is 102 Å². The standard InChI is InChI=1S/C11H12BrNOS/c1-8-2-5-13(6-3-8)11(14)10-9(12)4-7-15-10/h2,4,7H,3,5-6H2,1H3. The van der Waals surface area contributed by atoms with E-state index in [4.69, 9.17) is 0 Å². The van der Waals surface area contributed by atoms with Crippen molar-refractivity contribution < 1.29 is 4.79 Å². The summed E-state index contributed by atoms with van der Waals surface area (Å²) in [4.78, 5) is 14.8. The maximum atomic E-state index is 12.1. The molecule has 0 fully saturated rings. The fourth-order valence-electron chi connectivity index (χ4n) is 1.55. The zero-order valence-electron chi connectivity index (χ0n) is 8.50. The predicted octanol–water partition coefficient (Wildman–Crippen LogP) is 3.30. The summed E-state index contributed by atoms with van der Waals surface area (Å²) in [6.45, 7) is 3.70. The normalized spacial score (nSPS) is 16.4. The molecule has 4 heteroatoms. The highest BCUT2D eigenvalue weighted by atomic mass is 79.9. The molecule has 0 N–H and O–H groups in total. The molecule has 2 heterocycles. The third-order valence-corrected chi connectivity index (χ3v) is 4.36. The van der Waals surface area contributed by atoms with E-state index in [-0.39, 0.29) is 5.91 Å². The maximum Gasteiger partial charge on any atom is 0.265 e. The van der Waals surface area contributed by atoms with E-state index in [9.17, 15) is 4.79 Å². The average molecular weight is 286 g/mol. The molecule has 0 saturated carbocycles. The predicted molar refractivity (Wildman–Crippen MR) is 66.3 cm³/mol. The van der Waals surface area contributed by atoms with E-state index in [0.29, 0.717) is 0 Å². The van der Waals surface area contributed by atoms with Gasteiger partial charge in [-0.25, -0.2) is 0 Å². The fourth-order valence-corrected chi connectivity index (χ4v) is 3.05. The van der Waals surface area contributed by atoms with E-state index in [1.807, 2.05) is 16.3 Å². The number of carbonyl (C=O) groups excluding carboxylic acids is 1. The summed E-state index contributed by atoms with van der Waals surface area (Å²) in [5, 5.41) is 1.93. The summed E-state index contributed by atoms with van der Waals surface area (Å²) in [6, 6.07) is 1.92. The molecule has 0 atom stereocenters. The number of amides is 1. The average Bonchev–Trinajstić information content (AvgIpc) is 2.65. The molecule has 0 radical (unpaired) electrons. The molecule has 0 saturated heterocycles. The molecule has 0 aliphatic carbocycles. The zero-order valence-corrected chi connectivity index (χ0v) is 10.9. The molecule has 0 aromatic carbocycles. The lowest BCUT2D eigenvalue weighted by Crippen LogP contribution is -2.34. The first kappa shape index (κ1) is 10.9. The lowest BCUT2D eigenvalue weighted by Gasteiger charge is -2.25. The number of hydrogen-bond donors (Lipinski definition) is 0. The van der Waals surface area contributed by atoms with Crippen LogP contribution in [0.15, 0.2) is 27.6 Å². The molecule has 15 heavy (non-hydrogen) atoms. The molecule has 1 aromatic heterocycles. The van der Waals surface area contributed by atoms with Crippen LogP contribution in [0.5, 0.6) is 0 Å². The lowest BCUT2D eigenvalue weighted by molar-refractivity contribution is 0.0773. The lowest BCUT2D eigenvalue weighted by atomic mass is 10.1. The highest BCUT2D eigenvalue weighted by Crippen LogP contribution is 2.25. The smallest absolute Gasteiger partial charge is 0.265 e. The quantitative estimate of drug-likeness (QED) is 0.725. The monoisotopic (exact) mass is 285 g/mol. The SMILES string of the molecule is CC1=CCN(C(=O)c2sccc2Br)CC1. The molecule has 2 rings (SSSR count). The van der Waals surface area contributed by atoms with Gasteiger partial charge in [0.15, 0.2) is 0 Å². The van der Waals surface area contributed by atoms with Crippen molar-refractivity contribution >= 4 is 33.2 Å². The van der Waals surface area contributed by atoms with Crippen molar-refractivity contribution in [1.29, 1.82) is 0 Å². The van der Waals surface area contributed by atoms with Gasteiger partial charge in [0.2, 0.25) is 0 Å². The Kier molecular flexibility index (Phi) is 3.26. The highest BCUT2D eigenvalue weighted by molar-refractivity contribution is 9.10. The molecule has 0 spiro atoms. The van der Waals surface area contributed by atoms with Gasteiger partial charge in [0.1, 0.15) is 4.88 Å². The number of carbonyl (C=O) groups is 1. The van der Waals surface area contributed by atoms with Crippen molar-refractivity contribution in [3.05, 3.63) is 32.4 Å². The van der Waals surface area contributed by atoms with Gasteiger partial charge >= 0.3 is 0 Å². The summed E-state index contributed by atoms with van der Waals surface area (Å²) in [6.07, 6.45) is 3.12. The Morgan fingerprint density at radius 1 is 1.60 bits per heavy atom. The van der Waals surface area contributed by atoms with Gasteiger partial charge < -0.3 is 4.90 Å². The van der Waals surface area contributed by atoms with Gasteiger partial charge in [0, 0.05) is 17.6 Å².